The molecule has 124 valence electrons. The molecule has 0 saturated carbocycles. The fourth-order valence-electron chi connectivity index (χ4n) is 3.59. The zero-order chi connectivity index (χ0) is 16.6. The molecule has 23 heavy (non-hydrogen) atoms. The van der Waals surface area contributed by atoms with Gasteiger partial charge in [-0.15, -0.1) is 0 Å². The quantitative estimate of drug-likeness (QED) is 0.859. The van der Waals surface area contributed by atoms with E-state index in [0.717, 1.165) is 36.1 Å². The van der Waals surface area contributed by atoms with Crippen LogP contribution in [0.1, 0.15) is 47.9 Å². The maximum Gasteiger partial charge on any atom is 0.339 e. The molecule has 0 aliphatic carbocycles. The summed E-state index contributed by atoms with van der Waals surface area (Å²) < 4.78 is 5.39. The zero-order valence-electron chi connectivity index (χ0n) is 14.3. The second-order valence-electron chi connectivity index (χ2n) is 6.85. The van der Waals surface area contributed by atoms with Crippen molar-refractivity contribution in [3.05, 3.63) is 38.7 Å². The van der Waals surface area contributed by atoms with Crippen LogP contribution in [0, 0.1) is 20.8 Å². The molecular formula is C19H25NO3. The molecular weight excluding hydrogens is 290 g/mol. The van der Waals surface area contributed by atoms with E-state index in [2.05, 4.69) is 0 Å². The zero-order valence-corrected chi connectivity index (χ0v) is 14.3. The van der Waals surface area contributed by atoms with Gasteiger partial charge in [-0.25, -0.2) is 4.79 Å². The van der Waals surface area contributed by atoms with Gasteiger partial charge in [0.25, 0.3) is 0 Å². The molecule has 1 aromatic carbocycles. The van der Waals surface area contributed by atoms with Crippen LogP contribution in [0.15, 0.2) is 15.3 Å². The molecule has 3 rings (SSSR count). The Labute approximate surface area is 136 Å². The van der Waals surface area contributed by atoms with E-state index in [1.54, 1.807) is 13.8 Å². The number of rotatable bonds is 2. The Balaban J connectivity index is 2.07. The molecule has 0 spiro atoms. The van der Waals surface area contributed by atoms with Crippen LogP contribution in [0.5, 0.6) is 5.75 Å². The van der Waals surface area contributed by atoms with Gasteiger partial charge in [-0.05, 0) is 69.2 Å². The van der Waals surface area contributed by atoms with Crippen LogP contribution in [0.4, 0.5) is 0 Å². The number of nitrogens with one attached hydrogen (secondary N) is 1. The molecule has 1 fully saturated rings. The minimum Gasteiger partial charge on any atom is -0.872 e. The van der Waals surface area contributed by atoms with Crippen LogP contribution in [-0.2, 0) is 6.54 Å². The molecule has 0 amide bonds. The summed E-state index contributed by atoms with van der Waals surface area (Å²) >= 11 is 0. The topological polar surface area (TPSA) is 57.7 Å². The molecule has 0 unspecified atom stereocenters. The largest absolute Gasteiger partial charge is 0.872 e. The second kappa shape index (κ2) is 6.36. The lowest BCUT2D eigenvalue weighted by Crippen LogP contribution is -3.10. The Morgan fingerprint density at radius 1 is 1.04 bits per heavy atom. The van der Waals surface area contributed by atoms with Gasteiger partial charge in [0.1, 0.15) is 12.1 Å². The van der Waals surface area contributed by atoms with E-state index in [-0.39, 0.29) is 11.4 Å². The molecule has 1 saturated heterocycles. The van der Waals surface area contributed by atoms with E-state index in [4.69, 9.17) is 4.42 Å². The van der Waals surface area contributed by atoms with Gasteiger partial charge in [0.05, 0.1) is 13.1 Å². The fourth-order valence-corrected chi connectivity index (χ4v) is 3.59. The van der Waals surface area contributed by atoms with E-state index in [9.17, 15) is 9.90 Å². The van der Waals surface area contributed by atoms with Crippen LogP contribution in [0.3, 0.4) is 0 Å². The summed E-state index contributed by atoms with van der Waals surface area (Å²) in [5, 5.41) is 13.6. The van der Waals surface area contributed by atoms with Gasteiger partial charge >= 0.3 is 5.63 Å². The number of hydrogen-bond acceptors (Lipinski definition) is 3. The summed E-state index contributed by atoms with van der Waals surface area (Å²) in [6, 6.07) is 1.95. The van der Waals surface area contributed by atoms with Gasteiger partial charge in [-0.2, -0.15) is 0 Å². The number of benzene rings is 1. The Morgan fingerprint density at radius 3 is 2.35 bits per heavy atom. The smallest absolute Gasteiger partial charge is 0.339 e. The van der Waals surface area contributed by atoms with Crippen LogP contribution in [-0.4, -0.2) is 13.1 Å². The van der Waals surface area contributed by atoms with Crippen molar-refractivity contribution in [3.8, 4) is 5.75 Å². The highest BCUT2D eigenvalue weighted by Gasteiger charge is 2.17. The number of fused-ring (bicyclic) bond motifs is 1. The van der Waals surface area contributed by atoms with E-state index in [1.165, 1.54) is 30.6 Å². The average Bonchev–Trinajstić information content (AvgIpc) is 2.80. The van der Waals surface area contributed by atoms with Crippen molar-refractivity contribution < 1.29 is 14.4 Å². The van der Waals surface area contributed by atoms with Gasteiger partial charge in [0.2, 0.25) is 0 Å². The number of quaternary nitrogens is 1. The Morgan fingerprint density at radius 2 is 1.70 bits per heavy atom. The van der Waals surface area contributed by atoms with Crippen molar-refractivity contribution in [2.75, 3.05) is 13.1 Å². The van der Waals surface area contributed by atoms with Crippen LogP contribution in [0.2, 0.25) is 0 Å². The number of likely N-dealkylation sites (tertiary alicyclic amines) is 1. The van der Waals surface area contributed by atoms with Crippen molar-refractivity contribution in [2.24, 2.45) is 0 Å². The first-order valence-corrected chi connectivity index (χ1v) is 8.56. The molecule has 1 aliphatic heterocycles. The summed E-state index contributed by atoms with van der Waals surface area (Å²) in [6.07, 6.45) is 5.08. The lowest BCUT2D eigenvalue weighted by Gasteiger charge is -2.23. The molecule has 2 heterocycles. The highest BCUT2D eigenvalue weighted by Crippen LogP contribution is 2.30. The van der Waals surface area contributed by atoms with Crippen molar-refractivity contribution in [1.29, 1.82) is 0 Å². The summed E-state index contributed by atoms with van der Waals surface area (Å²) in [4.78, 5) is 13.4. The molecule has 1 N–H and O–H groups in total. The third-order valence-corrected chi connectivity index (χ3v) is 5.25. The summed E-state index contributed by atoms with van der Waals surface area (Å²) in [7, 11) is 0. The lowest BCUT2D eigenvalue weighted by atomic mass is 10.00. The summed E-state index contributed by atoms with van der Waals surface area (Å²) in [6.45, 7) is 8.52. The van der Waals surface area contributed by atoms with Gasteiger partial charge in [0.15, 0.2) is 0 Å². The van der Waals surface area contributed by atoms with Crippen LogP contribution < -0.4 is 15.6 Å². The normalized spacial score (nSPS) is 16.7. The fraction of sp³-hybridized carbons (Fsp3) is 0.526. The monoisotopic (exact) mass is 315 g/mol. The number of aryl methyl sites for hydroxylation is 2. The molecule has 0 bridgehead atoms. The summed E-state index contributed by atoms with van der Waals surface area (Å²) in [5.41, 5.74) is 3.08. The predicted molar refractivity (Wildman–Crippen MR) is 89.0 cm³/mol. The Kier molecular flexibility index (Phi) is 4.44. The predicted octanol–water partition coefficient (Wildman–Crippen LogP) is 1.75. The first-order valence-electron chi connectivity index (χ1n) is 8.56. The molecule has 4 heteroatoms. The number of hydrogen-bond donors (Lipinski definition) is 1. The SMILES string of the molecule is Cc1c(C)c2cc(C[NH+]3CCCCCC3)c([O-])c(C)c2oc1=O. The van der Waals surface area contributed by atoms with Crippen molar-refractivity contribution in [2.45, 2.75) is 53.0 Å². The van der Waals surface area contributed by atoms with Crippen molar-refractivity contribution in [3.63, 3.8) is 0 Å². The van der Waals surface area contributed by atoms with Gasteiger partial charge < -0.3 is 14.4 Å². The molecule has 1 aliphatic rings. The third kappa shape index (κ3) is 3.00. The standard InChI is InChI=1S/C19H25NO3/c1-12-13(2)19(22)23-18-14(3)17(21)15(10-16(12)18)11-20-8-6-4-5-7-9-20/h10,21H,4-9,11H2,1-3H3. The van der Waals surface area contributed by atoms with E-state index >= 15 is 0 Å². The average molecular weight is 315 g/mol. The van der Waals surface area contributed by atoms with Gasteiger partial charge in [-0.3, -0.25) is 0 Å². The van der Waals surface area contributed by atoms with Crippen LogP contribution in [0.25, 0.3) is 11.0 Å². The first kappa shape index (κ1) is 16.1. The Bertz CT molecular complexity index is 784. The van der Waals surface area contributed by atoms with Crippen molar-refractivity contribution in [1.82, 2.24) is 0 Å². The first-order chi connectivity index (χ1) is 11.0. The van der Waals surface area contributed by atoms with E-state index in [0.29, 0.717) is 16.7 Å². The maximum atomic E-state index is 12.7. The molecule has 1 aromatic heterocycles. The molecule has 0 radical (unpaired) electrons. The third-order valence-electron chi connectivity index (χ3n) is 5.25. The minimum atomic E-state index is -0.344. The van der Waals surface area contributed by atoms with Gasteiger partial charge in [-0.1, -0.05) is 5.75 Å². The van der Waals surface area contributed by atoms with E-state index in [1.807, 2.05) is 13.0 Å². The lowest BCUT2D eigenvalue weighted by molar-refractivity contribution is -0.913. The minimum absolute atomic E-state index is 0.0284. The highest BCUT2D eigenvalue weighted by molar-refractivity contribution is 5.86. The Hall–Kier alpha value is -1.81. The molecule has 0 atom stereocenters. The van der Waals surface area contributed by atoms with Gasteiger partial charge in [0, 0.05) is 10.9 Å². The molecule has 2 aromatic rings. The highest BCUT2D eigenvalue weighted by atomic mass is 16.4. The maximum absolute atomic E-state index is 12.7. The second-order valence-corrected chi connectivity index (χ2v) is 6.85. The molecule has 4 nitrogen and oxygen atoms in total. The van der Waals surface area contributed by atoms with E-state index < -0.39 is 0 Å². The van der Waals surface area contributed by atoms with Crippen molar-refractivity contribution >= 4 is 11.0 Å². The van der Waals surface area contributed by atoms with Crippen LogP contribution >= 0.6 is 0 Å². The summed E-state index contributed by atoms with van der Waals surface area (Å²) in [5.74, 6) is 0.0284.